The smallest absolute Gasteiger partial charge is 0.387 e. The number of carbonyl (C=O) groups is 2. The van der Waals surface area contributed by atoms with Crippen molar-refractivity contribution < 1.29 is 32.2 Å². The average molecular weight is 365 g/mol. The lowest BCUT2D eigenvalue weighted by Gasteiger charge is -2.11. The largest absolute Gasteiger partial charge is 0.452 e. The molecule has 0 unspecified atom stereocenters. The number of hydrogen-bond acceptors (Lipinski definition) is 4. The van der Waals surface area contributed by atoms with Gasteiger partial charge < -0.3 is 14.8 Å². The third kappa shape index (κ3) is 6.31. The van der Waals surface area contributed by atoms with Gasteiger partial charge in [-0.1, -0.05) is 24.3 Å². The standard InChI is InChI=1S/C18H14F3NO4/c19-13-5-3-4-12(10-13)8-9-17(24)25-11-16(23)22-14-6-1-2-7-15(14)26-18(20)21/h1-10,18H,11H2,(H,22,23)/b9-8+. The molecule has 5 nitrogen and oxygen atoms in total. The third-order valence-corrected chi connectivity index (χ3v) is 2.98. The topological polar surface area (TPSA) is 64.6 Å². The third-order valence-electron chi connectivity index (χ3n) is 2.98. The molecule has 26 heavy (non-hydrogen) atoms. The maximum atomic E-state index is 13.0. The van der Waals surface area contributed by atoms with E-state index in [9.17, 15) is 22.8 Å². The average Bonchev–Trinajstić information content (AvgIpc) is 2.59. The van der Waals surface area contributed by atoms with Gasteiger partial charge in [-0.05, 0) is 35.9 Å². The summed E-state index contributed by atoms with van der Waals surface area (Å²) in [5, 5.41) is 2.30. The number of halogens is 3. The highest BCUT2D eigenvalue weighted by Gasteiger charge is 2.12. The number of amides is 1. The van der Waals surface area contributed by atoms with Crippen LogP contribution >= 0.6 is 0 Å². The Balaban J connectivity index is 1.86. The van der Waals surface area contributed by atoms with Crippen molar-refractivity contribution in [3.05, 3.63) is 66.0 Å². The van der Waals surface area contributed by atoms with Gasteiger partial charge in [-0.15, -0.1) is 0 Å². The maximum Gasteiger partial charge on any atom is 0.387 e. The number of ether oxygens (including phenoxy) is 2. The quantitative estimate of drug-likeness (QED) is 0.601. The molecule has 0 aliphatic heterocycles. The molecule has 1 N–H and O–H groups in total. The number of anilines is 1. The van der Waals surface area contributed by atoms with Crippen molar-refractivity contribution in [2.75, 3.05) is 11.9 Å². The summed E-state index contributed by atoms with van der Waals surface area (Å²) in [6.07, 6.45) is 2.37. The monoisotopic (exact) mass is 365 g/mol. The molecule has 0 radical (unpaired) electrons. The molecular formula is C18H14F3NO4. The highest BCUT2D eigenvalue weighted by Crippen LogP contribution is 2.25. The summed E-state index contributed by atoms with van der Waals surface area (Å²) in [5.74, 6) is -2.22. The molecule has 0 fully saturated rings. The lowest BCUT2D eigenvalue weighted by atomic mass is 10.2. The zero-order valence-corrected chi connectivity index (χ0v) is 13.3. The van der Waals surface area contributed by atoms with Gasteiger partial charge in [0.05, 0.1) is 5.69 Å². The second-order valence-electron chi connectivity index (χ2n) is 4.92. The SMILES string of the molecule is O=C(COC(=O)/C=C/c1cccc(F)c1)Nc1ccccc1OC(F)F. The highest BCUT2D eigenvalue weighted by atomic mass is 19.3. The Morgan fingerprint density at radius 3 is 2.62 bits per heavy atom. The Hall–Kier alpha value is -3.29. The molecule has 0 saturated carbocycles. The molecule has 0 aliphatic carbocycles. The molecular weight excluding hydrogens is 351 g/mol. The number of para-hydroxylation sites is 2. The summed E-state index contributed by atoms with van der Waals surface area (Å²) in [4.78, 5) is 23.3. The number of hydrogen-bond donors (Lipinski definition) is 1. The molecule has 0 heterocycles. The Morgan fingerprint density at radius 1 is 1.12 bits per heavy atom. The molecule has 2 rings (SSSR count). The fraction of sp³-hybridized carbons (Fsp3) is 0.111. The van der Waals surface area contributed by atoms with Crippen molar-refractivity contribution in [2.24, 2.45) is 0 Å². The predicted molar refractivity (Wildman–Crippen MR) is 88.1 cm³/mol. The lowest BCUT2D eigenvalue weighted by Crippen LogP contribution is -2.20. The number of esters is 1. The number of alkyl halides is 2. The molecule has 0 atom stereocenters. The van der Waals surface area contributed by atoms with Crippen molar-refractivity contribution in [3.8, 4) is 5.75 Å². The molecule has 136 valence electrons. The first-order valence-corrected chi connectivity index (χ1v) is 7.38. The van der Waals surface area contributed by atoms with Crippen molar-refractivity contribution >= 4 is 23.6 Å². The Morgan fingerprint density at radius 2 is 1.88 bits per heavy atom. The summed E-state index contributed by atoms with van der Waals surface area (Å²) in [7, 11) is 0. The van der Waals surface area contributed by atoms with Crippen LogP contribution in [0.4, 0.5) is 18.9 Å². The summed E-state index contributed by atoms with van der Waals surface area (Å²) >= 11 is 0. The minimum atomic E-state index is -3.04. The van der Waals surface area contributed by atoms with Gasteiger partial charge in [0.15, 0.2) is 6.61 Å². The summed E-state index contributed by atoms with van der Waals surface area (Å²) in [5.41, 5.74) is 0.466. The molecule has 8 heteroatoms. The van der Waals surface area contributed by atoms with Crippen molar-refractivity contribution in [2.45, 2.75) is 6.61 Å². The van der Waals surface area contributed by atoms with E-state index in [0.717, 1.165) is 6.08 Å². The van der Waals surface area contributed by atoms with E-state index >= 15 is 0 Å². The van der Waals surface area contributed by atoms with Gasteiger partial charge in [0, 0.05) is 6.08 Å². The predicted octanol–water partition coefficient (Wildman–Crippen LogP) is 3.62. The lowest BCUT2D eigenvalue weighted by molar-refractivity contribution is -0.142. The molecule has 1 amide bonds. The van der Waals surface area contributed by atoms with Crippen LogP contribution in [0.3, 0.4) is 0 Å². The van der Waals surface area contributed by atoms with E-state index in [1.54, 1.807) is 6.07 Å². The molecule has 2 aromatic carbocycles. The zero-order chi connectivity index (χ0) is 18.9. The molecule has 2 aromatic rings. The first-order valence-electron chi connectivity index (χ1n) is 7.38. The van der Waals surface area contributed by atoms with Gasteiger partial charge in [0.2, 0.25) is 0 Å². The second kappa shape index (κ2) is 9.26. The zero-order valence-electron chi connectivity index (χ0n) is 13.3. The van der Waals surface area contributed by atoms with E-state index in [1.165, 1.54) is 48.5 Å². The number of benzene rings is 2. The Labute approximate surface area is 147 Å². The maximum absolute atomic E-state index is 13.0. The fourth-order valence-corrected chi connectivity index (χ4v) is 1.91. The van der Waals surface area contributed by atoms with Crippen molar-refractivity contribution in [1.82, 2.24) is 0 Å². The number of rotatable bonds is 7. The van der Waals surface area contributed by atoms with Crippen molar-refractivity contribution in [1.29, 1.82) is 0 Å². The van der Waals surface area contributed by atoms with Crippen LogP contribution in [0, 0.1) is 5.82 Å². The molecule has 0 aromatic heterocycles. The van der Waals surface area contributed by atoms with Crippen LogP contribution < -0.4 is 10.1 Å². The molecule has 0 saturated heterocycles. The highest BCUT2D eigenvalue weighted by molar-refractivity contribution is 5.95. The normalized spacial score (nSPS) is 10.8. The van der Waals surface area contributed by atoms with Crippen LogP contribution in [-0.2, 0) is 14.3 Å². The van der Waals surface area contributed by atoms with E-state index in [1.807, 2.05) is 0 Å². The van der Waals surface area contributed by atoms with Crippen LogP contribution in [0.5, 0.6) is 5.75 Å². The van der Waals surface area contributed by atoms with E-state index in [4.69, 9.17) is 4.74 Å². The van der Waals surface area contributed by atoms with Crippen LogP contribution in [0.25, 0.3) is 6.08 Å². The first-order chi connectivity index (χ1) is 12.4. The summed E-state index contributed by atoms with van der Waals surface area (Å²) in [6, 6.07) is 11.1. The second-order valence-corrected chi connectivity index (χ2v) is 4.92. The molecule has 0 aliphatic rings. The fourth-order valence-electron chi connectivity index (χ4n) is 1.91. The first kappa shape index (κ1) is 19.0. The minimum Gasteiger partial charge on any atom is -0.452 e. The minimum absolute atomic E-state index is 0.0177. The van der Waals surface area contributed by atoms with E-state index < -0.39 is 30.9 Å². The number of carbonyl (C=O) groups excluding carboxylic acids is 2. The van der Waals surface area contributed by atoms with Crippen LogP contribution in [-0.4, -0.2) is 25.1 Å². The van der Waals surface area contributed by atoms with Crippen LogP contribution in [0.15, 0.2) is 54.6 Å². The molecule has 0 bridgehead atoms. The summed E-state index contributed by atoms with van der Waals surface area (Å²) in [6.45, 7) is -3.67. The van der Waals surface area contributed by atoms with Gasteiger partial charge in [-0.3, -0.25) is 4.79 Å². The van der Waals surface area contributed by atoms with Gasteiger partial charge in [-0.25, -0.2) is 9.18 Å². The molecule has 0 spiro atoms. The number of nitrogens with one attached hydrogen (secondary N) is 1. The summed E-state index contributed by atoms with van der Waals surface area (Å²) < 4.78 is 46.6. The van der Waals surface area contributed by atoms with Gasteiger partial charge in [0.25, 0.3) is 5.91 Å². The van der Waals surface area contributed by atoms with E-state index in [0.29, 0.717) is 5.56 Å². The van der Waals surface area contributed by atoms with Crippen molar-refractivity contribution in [3.63, 3.8) is 0 Å². The van der Waals surface area contributed by atoms with Crippen LogP contribution in [0.2, 0.25) is 0 Å². The van der Waals surface area contributed by atoms with Gasteiger partial charge in [0.1, 0.15) is 11.6 Å². The van der Waals surface area contributed by atoms with Crippen LogP contribution in [0.1, 0.15) is 5.56 Å². The van der Waals surface area contributed by atoms with Gasteiger partial charge >= 0.3 is 12.6 Å². The Bertz CT molecular complexity index is 809. The van der Waals surface area contributed by atoms with Gasteiger partial charge in [-0.2, -0.15) is 8.78 Å². The Kier molecular flexibility index (Phi) is 6.78. The van der Waals surface area contributed by atoms with E-state index in [2.05, 4.69) is 10.1 Å². The van der Waals surface area contributed by atoms with E-state index in [-0.39, 0.29) is 11.4 Å².